The molecule has 4 heteroatoms. The third-order valence-electron chi connectivity index (χ3n) is 4.02. The Morgan fingerprint density at radius 2 is 1.95 bits per heavy atom. The molecule has 0 aliphatic heterocycles. The minimum absolute atomic E-state index is 0.416. The molecule has 0 atom stereocenters. The van der Waals surface area contributed by atoms with Crippen LogP contribution in [0.5, 0.6) is 0 Å². The normalized spacial score (nSPS) is 17.9. The van der Waals surface area contributed by atoms with Crippen LogP contribution in [0.2, 0.25) is 0 Å². The zero-order valence-corrected chi connectivity index (χ0v) is 12.6. The van der Waals surface area contributed by atoms with Crippen LogP contribution in [0.4, 0.5) is 0 Å². The number of hydrogen-bond acceptors (Lipinski definition) is 4. The molecular formula is C15H18N2S2. The van der Waals surface area contributed by atoms with Crippen LogP contribution < -0.4 is 0 Å². The molecule has 0 bridgehead atoms. The van der Waals surface area contributed by atoms with E-state index in [0.29, 0.717) is 5.41 Å². The highest BCUT2D eigenvalue weighted by Gasteiger charge is 2.32. The number of fused-ring (bicyclic) bond motifs is 1. The first-order valence-electron chi connectivity index (χ1n) is 6.76. The Kier molecular flexibility index (Phi) is 3.99. The molecular weight excluding hydrogens is 272 g/mol. The van der Waals surface area contributed by atoms with Gasteiger partial charge in [0.25, 0.3) is 0 Å². The molecule has 0 amide bonds. The molecule has 1 saturated carbocycles. The molecule has 0 radical (unpaired) electrons. The topological polar surface area (TPSA) is 25.8 Å². The highest BCUT2D eigenvalue weighted by atomic mass is 32.2. The standard InChI is InChI=1S/C15H18N2S2/c18-9-15(7-3-4-8-15)10-19-14-12-5-1-2-6-13(12)16-11-17-14/h1-2,5-6,11,18H,3-4,7-10H2. The monoisotopic (exact) mass is 290 g/mol. The van der Waals surface area contributed by atoms with E-state index in [0.717, 1.165) is 22.0 Å². The lowest BCUT2D eigenvalue weighted by Gasteiger charge is -2.26. The van der Waals surface area contributed by atoms with Crippen molar-refractivity contribution in [2.45, 2.75) is 30.7 Å². The van der Waals surface area contributed by atoms with Crippen molar-refractivity contribution in [2.24, 2.45) is 5.41 Å². The molecule has 1 fully saturated rings. The molecule has 0 saturated heterocycles. The second kappa shape index (κ2) is 5.71. The summed E-state index contributed by atoms with van der Waals surface area (Å²) in [5.41, 5.74) is 1.45. The Morgan fingerprint density at radius 1 is 1.16 bits per heavy atom. The number of hydrogen-bond donors (Lipinski definition) is 1. The second-order valence-corrected chi connectivity index (χ2v) is 6.63. The maximum atomic E-state index is 4.58. The summed E-state index contributed by atoms with van der Waals surface area (Å²) in [5, 5.41) is 2.28. The van der Waals surface area contributed by atoms with Gasteiger partial charge in [0.05, 0.1) is 5.52 Å². The number of thioether (sulfide) groups is 1. The van der Waals surface area contributed by atoms with Crippen LogP contribution in [0, 0.1) is 5.41 Å². The molecule has 1 aliphatic carbocycles. The van der Waals surface area contributed by atoms with Crippen molar-refractivity contribution in [3.8, 4) is 0 Å². The maximum Gasteiger partial charge on any atom is 0.117 e. The van der Waals surface area contributed by atoms with Gasteiger partial charge in [0.15, 0.2) is 0 Å². The van der Waals surface area contributed by atoms with Gasteiger partial charge in [0, 0.05) is 11.1 Å². The van der Waals surface area contributed by atoms with Gasteiger partial charge in [-0.05, 0) is 30.1 Å². The van der Waals surface area contributed by atoms with Crippen LogP contribution in [0.3, 0.4) is 0 Å². The number of para-hydroxylation sites is 1. The van der Waals surface area contributed by atoms with Crippen LogP contribution in [0.15, 0.2) is 35.6 Å². The van der Waals surface area contributed by atoms with E-state index < -0.39 is 0 Å². The van der Waals surface area contributed by atoms with Crippen LogP contribution in [-0.4, -0.2) is 21.5 Å². The molecule has 0 N–H and O–H groups in total. The van der Waals surface area contributed by atoms with Gasteiger partial charge in [-0.3, -0.25) is 0 Å². The van der Waals surface area contributed by atoms with Crippen molar-refractivity contribution >= 4 is 35.3 Å². The average molecular weight is 290 g/mol. The van der Waals surface area contributed by atoms with Gasteiger partial charge >= 0.3 is 0 Å². The van der Waals surface area contributed by atoms with Gasteiger partial charge in [-0.2, -0.15) is 12.6 Å². The summed E-state index contributed by atoms with van der Waals surface area (Å²) < 4.78 is 0. The van der Waals surface area contributed by atoms with E-state index >= 15 is 0 Å². The largest absolute Gasteiger partial charge is 0.236 e. The molecule has 2 aromatic rings. The van der Waals surface area contributed by atoms with Crippen molar-refractivity contribution in [3.63, 3.8) is 0 Å². The summed E-state index contributed by atoms with van der Waals surface area (Å²) in [5.74, 6) is 2.11. The molecule has 100 valence electrons. The Morgan fingerprint density at radius 3 is 2.74 bits per heavy atom. The Balaban J connectivity index is 1.82. The molecule has 19 heavy (non-hydrogen) atoms. The van der Waals surface area contributed by atoms with E-state index in [4.69, 9.17) is 0 Å². The zero-order valence-electron chi connectivity index (χ0n) is 10.9. The first-order valence-corrected chi connectivity index (χ1v) is 8.38. The SMILES string of the molecule is SCC1(CSc2ncnc3ccccc23)CCCC1. The smallest absolute Gasteiger partial charge is 0.117 e. The predicted molar refractivity (Wildman–Crippen MR) is 85.0 cm³/mol. The third kappa shape index (κ3) is 2.75. The summed E-state index contributed by atoms with van der Waals surface area (Å²) in [6, 6.07) is 8.24. The van der Waals surface area contributed by atoms with Gasteiger partial charge in [-0.25, -0.2) is 9.97 Å². The van der Waals surface area contributed by atoms with Crippen molar-refractivity contribution < 1.29 is 0 Å². The first kappa shape index (κ1) is 13.3. The summed E-state index contributed by atoms with van der Waals surface area (Å²) in [6.45, 7) is 0. The lowest BCUT2D eigenvalue weighted by molar-refractivity contribution is 0.403. The maximum absolute atomic E-state index is 4.58. The lowest BCUT2D eigenvalue weighted by atomic mass is 9.91. The summed E-state index contributed by atoms with van der Waals surface area (Å²) in [6.07, 6.45) is 7.00. The van der Waals surface area contributed by atoms with E-state index in [1.165, 1.54) is 31.1 Å². The summed E-state index contributed by atoms with van der Waals surface area (Å²) in [7, 11) is 0. The molecule has 1 aromatic heterocycles. The van der Waals surface area contributed by atoms with Gasteiger partial charge in [-0.1, -0.05) is 31.0 Å². The Hall–Kier alpha value is -0.740. The van der Waals surface area contributed by atoms with E-state index in [-0.39, 0.29) is 0 Å². The van der Waals surface area contributed by atoms with Crippen LogP contribution in [0.1, 0.15) is 25.7 Å². The fourth-order valence-electron chi connectivity index (χ4n) is 2.79. The quantitative estimate of drug-likeness (QED) is 0.519. The van der Waals surface area contributed by atoms with E-state index in [9.17, 15) is 0 Å². The lowest BCUT2D eigenvalue weighted by Crippen LogP contribution is -2.21. The minimum atomic E-state index is 0.416. The number of benzene rings is 1. The average Bonchev–Trinajstić information content (AvgIpc) is 2.94. The van der Waals surface area contributed by atoms with Crippen molar-refractivity contribution in [1.29, 1.82) is 0 Å². The van der Waals surface area contributed by atoms with Gasteiger partial charge < -0.3 is 0 Å². The van der Waals surface area contributed by atoms with Crippen LogP contribution in [0.25, 0.3) is 10.9 Å². The van der Waals surface area contributed by atoms with E-state index in [1.807, 2.05) is 23.9 Å². The van der Waals surface area contributed by atoms with E-state index in [2.05, 4.69) is 34.7 Å². The Labute approximate surface area is 123 Å². The second-order valence-electron chi connectivity index (χ2n) is 5.35. The third-order valence-corrected chi connectivity index (χ3v) is 6.05. The highest BCUT2D eigenvalue weighted by Crippen LogP contribution is 2.43. The fourth-order valence-corrected chi connectivity index (χ4v) is 4.65. The minimum Gasteiger partial charge on any atom is -0.236 e. The zero-order chi connectivity index (χ0) is 13.1. The first-order chi connectivity index (χ1) is 9.33. The number of thiol groups is 1. The molecule has 2 nitrogen and oxygen atoms in total. The Bertz CT molecular complexity index is 560. The van der Waals surface area contributed by atoms with Crippen LogP contribution >= 0.6 is 24.4 Å². The van der Waals surface area contributed by atoms with Gasteiger partial charge in [0.1, 0.15) is 11.4 Å². The summed E-state index contributed by atoms with van der Waals surface area (Å²) in [4.78, 5) is 8.78. The highest BCUT2D eigenvalue weighted by molar-refractivity contribution is 7.99. The fraction of sp³-hybridized carbons (Fsp3) is 0.467. The molecule has 0 unspecified atom stereocenters. The van der Waals surface area contributed by atoms with E-state index in [1.54, 1.807) is 6.33 Å². The van der Waals surface area contributed by atoms with Crippen molar-refractivity contribution in [3.05, 3.63) is 30.6 Å². The number of aromatic nitrogens is 2. The van der Waals surface area contributed by atoms with Crippen molar-refractivity contribution in [1.82, 2.24) is 9.97 Å². The molecule has 1 aromatic carbocycles. The molecule has 3 rings (SSSR count). The number of nitrogens with zero attached hydrogens (tertiary/aromatic N) is 2. The van der Waals surface area contributed by atoms with Crippen molar-refractivity contribution in [2.75, 3.05) is 11.5 Å². The number of rotatable bonds is 4. The predicted octanol–water partition coefficient (Wildman–Crippen LogP) is 4.21. The summed E-state index contributed by atoms with van der Waals surface area (Å²) >= 11 is 6.45. The molecule has 0 spiro atoms. The van der Waals surface area contributed by atoms with Gasteiger partial charge in [-0.15, -0.1) is 11.8 Å². The van der Waals surface area contributed by atoms with Crippen LogP contribution in [-0.2, 0) is 0 Å². The molecule has 1 heterocycles. The van der Waals surface area contributed by atoms with Gasteiger partial charge in [0.2, 0.25) is 0 Å². The molecule has 1 aliphatic rings.